The average molecular weight is 197 g/mol. The molecule has 0 spiro atoms. The summed E-state index contributed by atoms with van der Waals surface area (Å²) in [5.74, 6) is 0.539. The maximum atomic E-state index is 9.10. The Balaban J connectivity index is 2.63. The molecule has 5 heteroatoms. The van der Waals surface area contributed by atoms with Crippen molar-refractivity contribution >= 4 is 11.5 Å². The van der Waals surface area contributed by atoms with E-state index in [1.54, 1.807) is 6.20 Å². The Labute approximate surface area is 82.6 Å². The van der Waals surface area contributed by atoms with Gasteiger partial charge >= 0.3 is 0 Å². The van der Waals surface area contributed by atoms with Crippen molar-refractivity contribution in [2.75, 3.05) is 24.2 Å². The van der Waals surface area contributed by atoms with Gasteiger partial charge in [-0.2, -0.15) is 0 Å². The molecule has 0 bridgehead atoms. The zero-order valence-corrected chi connectivity index (χ0v) is 8.07. The van der Waals surface area contributed by atoms with Crippen molar-refractivity contribution in [3.63, 3.8) is 0 Å². The van der Waals surface area contributed by atoms with Crippen LogP contribution in [0.4, 0.5) is 11.5 Å². The minimum Gasteiger partial charge on any atom is -0.396 e. The zero-order valence-electron chi connectivity index (χ0n) is 8.07. The molecular formula is C9H15N3O2. The van der Waals surface area contributed by atoms with Gasteiger partial charge in [-0.1, -0.05) is 0 Å². The lowest BCUT2D eigenvalue weighted by atomic mass is 10.2. The smallest absolute Gasteiger partial charge is 0.149 e. The first-order valence-corrected chi connectivity index (χ1v) is 4.39. The first kappa shape index (κ1) is 10.7. The Morgan fingerprint density at radius 3 is 3.00 bits per heavy atom. The molecule has 0 saturated carbocycles. The summed E-state index contributed by atoms with van der Waals surface area (Å²) in [6, 6.07) is 1.81. The van der Waals surface area contributed by atoms with Gasteiger partial charge in [0.1, 0.15) is 5.82 Å². The largest absolute Gasteiger partial charge is 0.396 e. The van der Waals surface area contributed by atoms with Crippen LogP contribution in [0.3, 0.4) is 0 Å². The van der Waals surface area contributed by atoms with E-state index in [1.165, 1.54) is 0 Å². The van der Waals surface area contributed by atoms with Gasteiger partial charge in [-0.25, -0.2) is 4.98 Å². The summed E-state index contributed by atoms with van der Waals surface area (Å²) >= 11 is 0. The number of aliphatic hydroxyl groups is 2. The summed E-state index contributed by atoms with van der Waals surface area (Å²) in [5.41, 5.74) is 7.24. The summed E-state index contributed by atoms with van der Waals surface area (Å²) < 4.78 is 0. The van der Waals surface area contributed by atoms with Crippen molar-refractivity contribution in [2.24, 2.45) is 0 Å². The second-order valence-electron chi connectivity index (χ2n) is 3.11. The van der Waals surface area contributed by atoms with Crippen molar-refractivity contribution < 1.29 is 10.2 Å². The number of anilines is 2. The molecular weight excluding hydrogens is 182 g/mol. The molecule has 0 amide bonds. The molecule has 1 unspecified atom stereocenters. The number of aryl methyl sites for hydroxylation is 1. The van der Waals surface area contributed by atoms with E-state index >= 15 is 0 Å². The topological polar surface area (TPSA) is 91.4 Å². The molecule has 0 aromatic carbocycles. The zero-order chi connectivity index (χ0) is 10.6. The second-order valence-corrected chi connectivity index (χ2v) is 3.11. The van der Waals surface area contributed by atoms with Crippen LogP contribution in [0.5, 0.6) is 0 Å². The van der Waals surface area contributed by atoms with Crippen LogP contribution < -0.4 is 11.1 Å². The molecule has 14 heavy (non-hydrogen) atoms. The summed E-state index contributed by atoms with van der Waals surface area (Å²) in [6.07, 6.45) is 0.844. The van der Waals surface area contributed by atoms with Crippen LogP contribution in [-0.2, 0) is 0 Å². The minimum atomic E-state index is -0.795. The lowest BCUT2D eigenvalue weighted by Gasteiger charge is -2.12. The Bertz CT molecular complexity index is 304. The first-order chi connectivity index (χ1) is 6.65. The van der Waals surface area contributed by atoms with Gasteiger partial charge in [0.25, 0.3) is 0 Å². The van der Waals surface area contributed by atoms with Crippen molar-refractivity contribution in [3.05, 3.63) is 17.8 Å². The van der Waals surface area contributed by atoms with Crippen molar-refractivity contribution in [2.45, 2.75) is 13.0 Å². The normalized spacial score (nSPS) is 12.5. The number of nitrogen functional groups attached to an aromatic ring is 1. The highest BCUT2D eigenvalue weighted by Crippen LogP contribution is 2.18. The maximum absolute atomic E-state index is 9.10. The Morgan fingerprint density at radius 2 is 2.36 bits per heavy atom. The Kier molecular flexibility index (Phi) is 3.67. The van der Waals surface area contributed by atoms with Crippen molar-refractivity contribution in [1.82, 2.24) is 4.98 Å². The van der Waals surface area contributed by atoms with Gasteiger partial charge in [0.2, 0.25) is 0 Å². The fourth-order valence-corrected chi connectivity index (χ4v) is 0.990. The molecule has 0 aliphatic heterocycles. The van der Waals surface area contributed by atoms with Crippen LogP contribution in [0, 0.1) is 6.92 Å². The van der Waals surface area contributed by atoms with Gasteiger partial charge in [-0.05, 0) is 18.6 Å². The predicted octanol–water partition coefficient (Wildman–Crippen LogP) is -0.263. The van der Waals surface area contributed by atoms with E-state index in [2.05, 4.69) is 10.3 Å². The maximum Gasteiger partial charge on any atom is 0.149 e. The minimum absolute atomic E-state index is 0.233. The van der Waals surface area contributed by atoms with Gasteiger partial charge < -0.3 is 21.3 Å². The van der Waals surface area contributed by atoms with Crippen LogP contribution >= 0.6 is 0 Å². The SMILES string of the molecule is Cc1ccnc(NCC(O)CO)c1N. The summed E-state index contributed by atoms with van der Waals surface area (Å²) in [6.45, 7) is 1.83. The molecule has 78 valence electrons. The van der Waals surface area contributed by atoms with E-state index < -0.39 is 6.10 Å². The number of aromatic nitrogens is 1. The quantitative estimate of drug-likeness (QED) is 0.533. The number of pyridine rings is 1. The van der Waals surface area contributed by atoms with E-state index in [-0.39, 0.29) is 13.2 Å². The third-order valence-corrected chi connectivity index (χ3v) is 1.92. The average Bonchev–Trinajstić information content (AvgIpc) is 2.20. The molecule has 1 heterocycles. The molecule has 1 rings (SSSR count). The molecule has 0 radical (unpaired) electrons. The highest BCUT2D eigenvalue weighted by Gasteiger charge is 2.05. The number of nitrogens with two attached hydrogens (primary N) is 1. The highest BCUT2D eigenvalue weighted by atomic mass is 16.3. The standard InChI is InChI=1S/C9H15N3O2/c1-6-2-3-11-9(8(6)10)12-4-7(14)5-13/h2-3,7,13-14H,4-5,10H2,1H3,(H,11,12). The van der Waals surface area contributed by atoms with Gasteiger partial charge in [-0.3, -0.25) is 0 Å². The number of rotatable bonds is 4. The van der Waals surface area contributed by atoms with Crippen LogP contribution in [0.25, 0.3) is 0 Å². The summed E-state index contributed by atoms with van der Waals surface area (Å²) in [5, 5.41) is 20.6. The summed E-state index contributed by atoms with van der Waals surface area (Å²) in [4.78, 5) is 4.02. The lowest BCUT2D eigenvalue weighted by molar-refractivity contribution is 0.105. The number of nitrogens with one attached hydrogen (secondary N) is 1. The molecule has 0 aliphatic rings. The highest BCUT2D eigenvalue weighted by molar-refractivity contribution is 5.64. The third kappa shape index (κ3) is 2.58. The molecule has 0 saturated heterocycles. The number of hydrogen-bond donors (Lipinski definition) is 4. The fraction of sp³-hybridized carbons (Fsp3) is 0.444. The second kappa shape index (κ2) is 4.78. The van der Waals surface area contributed by atoms with Crippen LogP contribution in [0.15, 0.2) is 12.3 Å². The number of nitrogens with zero attached hydrogens (tertiary/aromatic N) is 1. The van der Waals surface area contributed by atoms with E-state index in [9.17, 15) is 0 Å². The van der Waals surface area contributed by atoms with Crippen LogP contribution in [0.2, 0.25) is 0 Å². The van der Waals surface area contributed by atoms with Gasteiger partial charge in [0.15, 0.2) is 0 Å². The molecule has 5 nitrogen and oxygen atoms in total. The van der Waals surface area contributed by atoms with E-state index in [4.69, 9.17) is 15.9 Å². The van der Waals surface area contributed by atoms with Crippen LogP contribution in [0.1, 0.15) is 5.56 Å². The molecule has 0 aliphatic carbocycles. The number of aliphatic hydroxyl groups excluding tert-OH is 2. The third-order valence-electron chi connectivity index (χ3n) is 1.92. The Morgan fingerprint density at radius 1 is 1.64 bits per heavy atom. The lowest BCUT2D eigenvalue weighted by Crippen LogP contribution is -2.23. The van der Waals surface area contributed by atoms with E-state index in [0.717, 1.165) is 5.56 Å². The molecule has 1 aromatic heterocycles. The molecule has 0 fully saturated rings. The Hall–Kier alpha value is -1.33. The number of hydrogen-bond acceptors (Lipinski definition) is 5. The fourth-order valence-electron chi connectivity index (χ4n) is 0.990. The van der Waals surface area contributed by atoms with E-state index in [1.807, 2.05) is 13.0 Å². The first-order valence-electron chi connectivity index (χ1n) is 4.39. The van der Waals surface area contributed by atoms with Crippen LogP contribution in [-0.4, -0.2) is 34.5 Å². The van der Waals surface area contributed by atoms with Crippen molar-refractivity contribution in [3.8, 4) is 0 Å². The molecule has 5 N–H and O–H groups in total. The monoisotopic (exact) mass is 197 g/mol. The summed E-state index contributed by atoms with van der Waals surface area (Å²) in [7, 11) is 0. The van der Waals surface area contributed by atoms with Gasteiger partial charge in [0.05, 0.1) is 18.4 Å². The van der Waals surface area contributed by atoms with E-state index in [0.29, 0.717) is 11.5 Å². The van der Waals surface area contributed by atoms with Crippen molar-refractivity contribution in [1.29, 1.82) is 0 Å². The predicted molar refractivity (Wildman–Crippen MR) is 55.0 cm³/mol. The molecule has 1 atom stereocenters. The van der Waals surface area contributed by atoms with Gasteiger partial charge in [0, 0.05) is 12.7 Å². The molecule has 1 aromatic rings. The van der Waals surface area contributed by atoms with Gasteiger partial charge in [-0.15, -0.1) is 0 Å².